The fourth-order valence-corrected chi connectivity index (χ4v) is 6.01. The first-order valence-electron chi connectivity index (χ1n) is 16.3. The van der Waals surface area contributed by atoms with Crippen LogP contribution in [0.25, 0.3) is 33.9 Å². The Morgan fingerprint density at radius 1 is 0.667 bits per heavy atom. The largest absolute Gasteiger partial charge is 0.326 e. The lowest BCUT2D eigenvalue weighted by molar-refractivity contribution is 0.587. The zero-order chi connectivity index (χ0) is 39.7. The van der Waals surface area contributed by atoms with Gasteiger partial charge in [-0.2, -0.15) is 10.2 Å². The number of nitrogens with zero attached hydrogens (tertiary/aromatic N) is 6. The molecule has 2 aromatic carbocycles. The number of aromatic nitrogens is 6. The minimum absolute atomic E-state index is 0. The van der Waals surface area contributed by atoms with E-state index in [0.29, 0.717) is 6.54 Å². The van der Waals surface area contributed by atoms with Crippen LogP contribution in [0.5, 0.6) is 0 Å². The van der Waals surface area contributed by atoms with Crippen molar-refractivity contribution in [3.63, 3.8) is 0 Å². The smallest absolute Gasteiger partial charge is 0.209 e. The number of halogens is 2. The van der Waals surface area contributed by atoms with Gasteiger partial charge in [-0.25, -0.2) is 21.6 Å². The molecule has 0 saturated carbocycles. The summed E-state index contributed by atoms with van der Waals surface area (Å²) in [5.74, 6) is 2.15. The first-order chi connectivity index (χ1) is 24.8. The van der Waals surface area contributed by atoms with Crippen molar-refractivity contribution in [3.8, 4) is 33.9 Å². The Balaban J connectivity index is 0.000000317. The molecule has 54 heavy (non-hydrogen) atoms. The summed E-state index contributed by atoms with van der Waals surface area (Å²) >= 11 is 4.24. The van der Waals surface area contributed by atoms with Crippen LogP contribution in [-0.4, -0.2) is 64.3 Å². The van der Waals surface area contributed by atoms with Crippen LogP contribution in [0.15, 0.2) is 85.5 Å². The summed E-state index contributed by atoms with van der Waals surface area (Å²) in [5.41, 5.74) is 16.7. The standard InChI is InChI=1S/C18H22N4O2S.C17H20N4.C2H6O2S.CH4.I2/c1-13-14(2)20-21(3)18(13)22-9-8-17(12-22)16-7-5-6-15(10-16)11-19-25(4,23)24;1-12-13(2)19-20(3)17(12)21-8-7-16(11-21)15-6-4-5-14(9-15)10-18;1-5(2,3)4;;1-2/h5-10,12,19H,11H2,1-4H3;4-9,11H,10,18H2,1-3H3;1-2H3;1H4;. The summed E-state index contributed by atoms with van der Waals surface area (Å²) < 4.78 is 52.3. The molecule has 6 rings (SSSR count). The fourth-order valence-electron chi connectivity index (χ4n) is 5.58. The lowest BCUT2D eigenvalue weighted by atomic mass is 10.1. The first kappa shape index (κ1) is 46.9. The van der Waals surface area contributed by atoms with E-state index in [9.17, 15) is 16.8 Å². The summed E-state index contributed by atoms with van der Waals surface area (Å²) in [6, 6.07) is 20.4. The van der Waals surface area contributed by atoms with Crippen LogP contribution in [0.1, 0.15) is 41.1 Å². The highest BCUT2D eigenvalue weighted by Gasteiger charge is 2.13. The Bertz CT molecular complexity index is 2350. The zero-order valence-corrected chi connectivity index (χ0v) is 37.4. The minimum atomic E-state index is -3.20. The summed E-state index contributed by atoms with van der Waals surface area (Å²) in [5, 5.41) is 8.94. The molecule has 0 aliphatic heterocycles. The molecule has 4 heterocycles. The van der Waals surface area contributed by atoms with Crippen LogP contribution in [0, 0.1) is 27.7 Å². The van der Waals surface area contributed by atoms with Crippen LogP contribution in [-0.2, 0) is 47.0 Å². The van der Waals surface area contributed by atoms with Gasteiger partial charge in [0.05, 0.1) is 17.6 Å². The molecule has 0 amide bonds. The van der Waals surface area contributed by atoms with E-state index >= 15 is 0 Å². The predicted octanol–water partition coefficient (Wildman–Crippen LogP) is 7.57. The van der Waals surface area contributed by atoms with E-state index in [2.05, 4.69) is 118 Å². The second-order valence-electron chi connectivity index (χ2n) is 12.8. The molecule has 294 valence electrons. The van der Waals surface area contributed by atoms with Crippen molar-refractivity contribution in [2.75, 3.05) is 18.8 Å². The molecule has 0 aliphatic carbocycles. The van der Waals surface area contributed by atoms with Gasteiger partial charge in [-0.15, -0.1) is 0 Å². The number of hydrogen-bond donors (Lipinski definition) is 2. The van der Waals surface area contributed by atoms with Crippen molar-refractivity contribution in [1.29, 1.82) is 0 Å². The average molecular weight is 1000 g/mol. The number of nitrogens with one attached hydrogen (secondary N) is 1. The highest BCUT2D eigenvalue weighted by Crippen LogP contribution is 2.26. The van der Waals surface area contributed by atoms with E-state index in [1.807, 2.05) is 79.9 Å². The molecule has 0 atom stereocenters. The summed E-state index contributed by atoms with van der Waals surface area (Å²) in [6.07, 6.45) is 11.8. The lowest BCUT2D eigenvalue weighted by Crippen LogP contribution is -2.21. The van der Waals surface area contributed by atoms with Gasteiger partial charge in [0, 0.05) is 113 Å². The maximum absolute atomic E-state index is 11.3. The molecule has 3 N–H and O–H groups in total. The second-order valence-corrected chi connectivity index (χ2v) is 16.9. The Labute approximate surface area is 344 Å². The van der Waals surface area contributed by atoms with Gasteiger partial charge >= 0.3 is 0 Å². The Morgan fingerprint density at radius 2 is 1.06 bits per heavy atom. The SMILES string of the molecule is C.CS(C)(=O)=O.Cc1nn(C)c(-n2ccc(-c3cccc(CN)c3)c2)c1C.Cc1nn(C)c(-n2ccc(-c3cccc(CNS(C)(=O)=O)c3)c2)c1C.II. The third kappa shape index (κ3) is 13.5. The van der Waals surface area contributed by atoms with Crippen molar-refractivity contribution in [3.05, 3.63) is 119 Å². The first-order valence-corrected chi connectivity index (χ1v) is 26.8. The van der Waals surface area contributed by atoms with Gasteiger partial charge in [-0.1, -0.05) is 43.8 Å². The van der Waals surface area contributed by atoms with Gasteiger partial charge in [0.15, 0.2) is 0 Å². The van der Waals surface area contributed by atoms with Crippen LogP contribution in [0.2, 0.25) is 0 Å². The van der Waals surface area contributed by atoms with Gasteiger partial charge in [-0.3, -0.25) is 9.36 Å². The third-order valence-corrected chi connectivity index (χ3v) is 8.81. The fraction of sp³-hybridized carbons (Fsp3) is 0.316. The van der Waals surface area contributed by atoms with Crippen LogP contribution in [0.4, 0.5) is 0 Å². The van der Waals surface area contributed by atoms with E-state index in [1.165, 1.54) is 16.7 Å². The van der Waals surface area contributed by atoms with Crippen LogP contribution in [0.3, 0.4) is 0 Å². The lowest BCUT2D eigenvalue weighted by Gasteiger charge is -2.06. The number of rotatable bonds is 8. The van der Waals surface area contributed by atoms with Gasteiger partial charge in [0.1, 0.15) is 21.5 Å². The molecular formula is C38H52I2N8O4S2. The maximum atomic E-state index is 11.3. The summed E-state index contributed by atoms with van der Waals surface area (Å²) in [6.45, 7) is 9.05. The molecule has 4 aromatic heterocycles. The van der Waals surface area contributed by atoms with E-state index in [4.69, 9.17) is 5.73 Å². The molecular weight excluding hydrogens is 950 g/mol. The molecule has 12 nitrogen and oxygen atoms in total. The average Bonchev–Trinajstić information content (AvgIpc) is 3.88. The molecule has 16 heteroatoms. The van der Waals surface area contributed by atoms with E-state index in [1.54, 1.807) is 0 Å². The number of hydrogen-bond acceptors (Lipinski definition) is 7. The Kier molecular flexibility index (Phi) is 17.8. The molecule has 0 unspecified atom stereocenters. The molecule has 0 aliphatic rings. The molecule has 0 fully saturated rings. The number of benzene rings is 2. The van der Waals surface area contributed by atoms with E-state index in [0.717, 1.165) is 69.6 Å². The Hall–Kier alpha value is -3.30. The normalized spacial score (nSPS) is 11.0. The minimum Gasteiger partial charge on any atom is -0.326 e. The van der Waals surface area contributed by atoms with E-state index in [-0.39, 0.29) is 14.0 Å². The number of sulfonamides is 1. The maximum Gasteiger partial charge on any atom is 0.209 e. The Morgan fingerprint density at radius 3 is 1.41 bits per heavy atom. The molecule has 0 bridgehead atoms. The van der Waals surface area contributed by atoms with E-state index < -0.39 is 19.9 Å². The van der Waals surface area contributed by atoms with Crippen molar-refractivity contribution in [2.45, 2.75) is 48.2 Å². The number of aryl methyl sites for hydroxylation is 4. The highest BCUT2D eigenvalue weighted by atomic mass is 128. The topological polar surface area (TPSA) is 152 Å². The van der Waals surface area contributed by atoms with Gasteiger partial charge in [0.2, 0.25) is 10.0 Å². The van der Waals surface area contributed by atoms with Gasteiger partial charge in [0.25, 0.3) is 0 Å². The van der Waals surface area contributed by atoms with Gasteiger partial charge < -0.3 is 14.9 Å². The van der Waals surface area contributed by atoms with Crippen molar-refractivity contribution in [2.24, 2.45) is 19.8 Å². The summed E-state index contributed by atoms with van der Waals surface area (Å²) in [4.78, 5) is 0. The van der Waals surface area contributed by atoms with Crippen molar-refractivity contribution in [1.82, 2.24) is 33.4 Å². The van der Waals surface area contributed by atoms with Crippen molar-refractivity contribution >= 4 is 57.1 Å². The molecule has 0 spiro atoms. The van der Waals surface area contributed by atoms with Crippen LogP contribution < -0.4 is 10.5 Å². The molecule has 0 radical (unpaired) electrons. The van der Waals surface area contributed by atoms with Gasteiger partial charge in [-0.05, 0) is 85.3 Å². The zero-order valence-electron chi connectivity index (χ0n) is 31.5. The molecule has 0 saturated heterocycles. The number of nitrogens with two attached hydrogens (primary N) is 1. The van der Waals surface area contributed by atoms with Crippen molar-refractivity contribution < 1.29 is 16.8 Å². The third-order valence-electron chi connectivity index (χ3n) is 8.14. The van der Waals surface area contributed by atoms with Crippen LogP contribution >= 0.6 is 37.2 Å². The monoisotopic (exact) mass is 1000 g/mol. The second kappa shape index (κ2) is 20.6. The predicted molar refractivity (Wildman–Crippen MR) is 240 cm³/mol. The number of sulfone groups is 1. The highest BCUT2D eigenvalue weighted by molar-refractivity contribution is 15.0. The summed E-state index contributed by atoms with van der Waals surface area (Å²) in [7, 11) is -1.96. The molecule has 6 aromatic rings. The quantitative estimate of drug-likeness (QED) is 0.149.